The number of thiol groups is 1. The summed E-state index contributed by atoms with van der Waals surface area (Å²) in [6.07, 6.45) is 4.05. The standard InChI is InChI=1S/C11H18N2O2S/c1-7(16)6-13-9-5-3-2-4-8(9)10(14)12-11(13)15/h7-9,16H,2-6H2,1H3,(H,12,14,15). The van der Waals surface area contributed by atoms with E-state index in [9.17, 15) is 9.59 Å². The smallest absolute Gasteiger partial charge is 0.320 e. The highest BCUT2D eigenvalue weighted by atomic mass is 32.1. The molecule has 2 fully saturated rings. The normalized spacial score (nSPS) is 32.0. The van der Waals surface area contributed by atoms with Gasteiger partial charge in [0.15, 0.2) is 0 Å². The van der Waals surface area contributed by atoms with Gasteiger partial charge in [-0.2, -0.15) is 12.6 Å². The summed E-state index contributed by atoms with van der Waals surface area (Å²) in [6.45, 7) is 2.58. The van der Waals surface area contributed by atoms with Gasteiger partial charge in [-0.1, -0.05) is 19.8 Å². The molecule has 1 aliphatic carbocycles. The Labute approximate surface area is 101 Å². The molecule has 3 amide bonds. The quantitative estimate of drug-likeness (QED) is 0.719. The van der Waals surface area contributed by atoms with E-state index in [4.69, 9.17) is 0 Å². The lowest BCUT2D eigenvalue weighted by molar-refractivity contribution is -0.129. The third-order valence-electron chi connectivity index (χ3n) is 3.42. The maximum Gasteiger partial charge on any atom is 0.324 e. The first-order chi connectivity index (χ1) is 7.59. The van der Waals surface area contributed by atoms with Crippen molar-refractivity contribution in [2.24, 2.45) is 5.92 Å². The third kappa shape index (κ3) is 2.19. The molecule has 0 bridgehead atoms. The number of carbonyl (C=O) groups is 2. The summed E-state index contributed by atoms with van der Waals surface area (Å²) in [5.41, 5.74) is 0. The molecule has 0 aromatic heterocycles. The number of hydrogen-bond acceptors (Lipinski definition) is 3. The minimum atomic E-state index is -0.242. The van der Waals surface area contributed by atoms with Crippen molar-refractivity contribution < 1.29 is 9.59 Å². The van der Waals surface area contributed by atoms with Gasteiger partial charge in [-0.3, -0.25) is 10.1 Å². The number of rotatable bonds is 2. The van der Waals surface area contributed by atoms with Crippen molar-refractivity contribution in [3.8, 4) is 0 Å². The molecule has 16 heavy (non-hydrogen) atoms. The van der Waals surface area contributed by atoms with E-state index < -0.39 is 0 Å². The van der Waals surface area contributed by atoms with Crippen LogP contribution in [0.5, 0.6) is 0 Å². The molecule has 1 saturated carbocycles. The van der Waals surface area contributed by atoms with Gasteiger partial charge in [0, 0.05) is 17.8 Å². The molecule has 90 valence electrons. The molecule has 1 heterocycles. The van der Waals surface area contributed by atoms with Gasteiger partial charge in [0.2, 0.25) is 5.91 Å². The first kappa shape index (κ1) is 11.8. The summed E-state index contributed by atoms with van der Waals surface area (Å²) >= 11 is 4.32. The lowest BCUT2D eigenvalue weighted by atomic mass is 9.81. The molecule has 1 aliphatic heterocycles. The minimum absolute atomic E-state index is 0.00136. The number of nitrogens with zero attached hydrogens (tertiary/aromatic N) is 1. The van der Waals surface area contributed by atoms with Crippen molar-refractivity contribution in [3.63, 3.8) is 0 Å². The molecule has 4 nitrogen and oxygen atoms in total. The van der Waals surface area contributed by atoms with Crippen molar-refractivity contribution in [2.75, 3.05) is 6.54 Å². The second-order valence-electron chi connectivity index (χ2n) is 4.75. The SMILES string of the molecule is CC(S)CN1C(=O)NC(=O)C2CCCCC21. The van der Waals surface area contributed by atoms with Crippen LogP contribution in [0.3, 0.4) is 0 Å². The van der Waals surface area contributed by atoms with Crippen molar-refractivity contribution in [1.29, 1.82) is 0 Å². The number of hydrogen-bond donors (Lipinski definition) is 2. The molecule has 0 aromatic carbocycles. The van der Waals surface area contributed by atoms with Crippen LogP contribution in [-0.4, -0.2) is 34.7 Å². The minimum Gasteiger partial charge on any atom is -0.320 e. The van der Waals surface area contributed by atoms with E-state index >= 15 is 0 Å². The van der Waals surface area contributed by atoms with E-state index in [1.54, 1.807) is 4.90 Å². The van der Waals surface area contributed by atoms with Gasteiger partial charge in [0.25, 0.3) is 0 Å². The van der Waals surface area contributed by atoms with E-state index in [0.717, 1.165) is 25.7 Å². The summed E-state index contributed by atoms with van der Waals surface area (Å²) in [5, 5.41) is 2.59. The summed E-state index contributed by atoms with van der Waals surface area (Å²) < 4.78 is 0. The lowest BCUT2D eigenvalue weighted by Crippen LogP contribution is -2.61. The zero-order valence-electron chi connectivity index (χ0n) is 9.48. The molecule has 0 aromatic rings. The van der Waals surface area contributed by atoms with E-state index in [1.165, 1.54) is 0 Å². The number of carbonyl (C=O) groups excluding carboxylic acids is 2. The topological polar surface area (TPSA) is 49.4 Å². The molecule has 2 rings (SSSR count). The Morgan fingerprint density at radius 2 is 2.12 bits per heavy atom. The summed E-state index contributed by atoms with van der Waals surface area (Å²) in [4.78, 5) is 25.2. The van der Waals surface area contributed by atoms with Crippen LogP contribution >= 0.6 is 12.6 Å². The summed E-state index contributed by atoms with van der Waals surface area (Å²) in [7, 11) is 0. The van der Waals surface area contributed by atoms with Crippen LogP contribution in [0.1, 0.15) is 32.6 Å². The third-order valence-corrected chi connectivity index (χ3v) is 3.58. The fourth-order valence-electron chi connectivity index (χ4n) is 2.71. The van der Waals surface area contributed by atoms with E-state index in [-0.39, 0.29) is 29.1 Å². The van der Waals surface area contributed by atoms with Gasteiger partial charge >= 0.3 is 6.03 Å². The van der Waals surface area contributed by atoms with Crippen LogP contribution in [0.4, 0.5) is 4.79 Å². The number of fused-ring (bicyclic) bond motifs is 1. The second-order valence-corrected chi connectivity index (χ2v) is 5.64. The maximum absolute atomic E-state index is 11.8. The zero-order valence-corrected chi connectivity index (χ0v) is 10.4. The van der Waals surface area contributed by atoms with Gasteiger partial charge in [-0.05, 0) is 12.8 Å². The highest BCUT2D eigenvalue weighted by molar-refractivity contribution is 7.80. The van der Waals surface area contributed by atoms with Crippen molar-refractivity contribution in [1.82, 2.24) is 10.2 Å². The summed E-state index contributed by atoms with van der Waals surface area (Å²) in [5.74, 6) is -0.0868. The largest absolute Gasteiger partial charge is 0.324 e. The van der Waals surface area contributed by atoms with Gasteiger partial charge in [-0.25, -0.2) is 4.79 Å². The number of nitrogens with one attached hydrogen (secondary N) is 1. The molecule has 5 heteroatoms. The molecule has 0 radical (unpaired) electrons. The Balaban J connectivity index is 2.15. The van der Waals surface area contributed by atoms with E-state index in [1.807, 2.05) is 6.92 Å². The molecular weight excluding hydrogens is 224 g/mol. The second kappa shape index (κ2) is 4.65. The average Bonchev–Trinajstić information content (AvgIpc) is 2.24. The maximum atomic E-state index is 11.8. The van der Waals surface area contributed by atoms with Gasteiger partial charge < -0.3 is 4.90 Å². The number of urea groups is 1. The lowest BCUT2D eigenvalue weighted by Gasteiger charge is -2.43. The number of amides is 3. The Kier molecular flexibility index (Phi) is 3.42. The fourth-order valence-corrected chi connectivity index (χ4v) is 2.89. The highest BCUT2D eigenvalue weighted by Crippen LogP contribution is 2.31. The summed E-state index contributed by atoms with van der Waals surface area (Å²) in [6, 6.07) is -0.140. The van der Waals surface area contributed by atoms with Crippen molar-refractivity contribution in [3.05, 3.63) is 0 Å². The Morgan fingerprint density at radius 1 is 1.44 bits per heavy atom. The van der Waals surface area contributed by atoms with E-state index in [2.05, 4.69) is 17.9 Å². The molecule has 2 aliphatic rings. The predicted molar refractivity (Wildman–Crippen MR) is 64.4 cm³/mol. The Bertz CT molecular complexity index is 306. The molecule has 3 atom stereocenters. The fraction of sp³-hybridized carbons (Fsp3) is 0.818. The first-order valence-corrected chi connectivity index (χ1v) is 6.40. The van der Waals surface area contributed by atoms with Gasteiger partial charge in [0.05, 0.1) is 5.92 Å². The average molecular weight is 242 g/mol. The predicted octanol–water partition coefficient (Wildman–Crippen LogP) is 1.42. The van der Waals surface area contributed by atoms with Crippen molar-refractivity contribution in [2.45, 2.75) is 43.9 Å². The van der Waals surface area contributed by atoms with Crippen LogP contribution in [0.15, 0.2) is 0 Å². The van der Waals surface area contributed by atoms with Crippen LogP contribution in [0.25, 0.3) is 0 Å². The Morgan fingerprint density at radius 3 is 2.81 bits per heavy atom. The number of imide groups is 1. The van der Waals surface area contributed by atoms with Crippen molar-refractivity contribution >= 4 is 24.6 Å². The van der Waals surface area contributed by atoms with E-state index in [0.29, 0.717) is 6.54 Å². The molecule has 1 saturated heterocycles. The monoisotopic (exact) mass is 242 g/mol. The Hall–Kier alpha value is -0.710. The molecular formula is C11H18N2O2S. The molecule has 3 unspecified atom stereocenters. The molecule has 0 spiro atoms. The van der Waals surface area contributed by atoms with Crippen LogP contribution in [0, 0.1) is 5.92 Å². The first-order valence-electron chi connectivity index (χ1n) is 5.89. The van der Waals surface area contributed by atoms with Crippen LogP contribution < -0.4 is 5.32 Å². The highest BCUT2D eigenvalue weighted by Gasteiger charge is 2.42. The van der Waals surface area contributed by atoms with Crippen LogP contribution in [-0.2, 0) is 4.79 Å². The van der Waals surface area contributed by atoms with Crippen LogP contribution in [0.2, 0.25) is 0 Å². The molecule has 1 N–H and O–H groups in total. The zero-order chi connectivity index (χ0) is 11.7. The van der Waals surface area contributed by atoms with Gasteiger partial charge in [0.1, 0.15) is 0 Å². The van der Waals surface area contributed by atoms with Gasteiger partial charge in [-0.15, -0.1) is 0 Å².